The van der Waals surface area contributed by atoms with Crippen molar-refractivity contribution in [1.29, 1.82) is 0 Å². The van der Waals surface area contributed by atoms with E-state index >= 15 is 0 Å². The Kier molecular flexibility index (Phi) is 5.92. The van der Waals surface area contributed by atoms with Gasteiger partial charge in [0, 0.05) is 23.8 Å². The highest BCUT2D eigenvalue weighted by atomic mass is 19.1. The zero-order valence-electron chi connectivity index (χ0n) is 20.1. The largest absolute Gasteiger partial charge is 0.507 e. The highest BCUT2D eigenvalue weighted by Gasteiger charge is 2.69. The third kappa shape index (κ3) is 3.48. The molecule has 5 rings (SSSR count). The van der Waals surface area contributed by atoms with E-state index in [1.54, 1.807) is 25.1 Å². The first-order valence-electron chi connectivity index (χ1n) is 12.0. The summed E-state index contributed by atoms with van der Waals surface area (Å²) < 4.78 is 13.2. The minimum absolute atomic E-state index is 0.187. The van der Waals surface area contributed by atoms with Crippen molar-refractivity contribution in [2.24, 2.45) is 29.4 Å². The molecule has 0 heterocycles. The number of phenols is 1. The molecule has 38 heavy (non-hydrogen) atoms. The molecule has 2 aromatic carbocycles. The summed E-state index contributed by atoms with van der Waals surface area (Å²) in [6.07, 6.45) is 0.835. The quantitative estimate of drug-likeness (QED) is 0.344. The van der Waals surface area contributed by atoms with Gasteiger partial charge in [0.15, 0.2) is 34.7 Å². The summed E-state index contributed by atoms with van der Waals surface area (Å²) in [5.74, 6) is -13.7. The maximum atomic E-state index is 13.7. The van der Waals surface area contributed by atoms with E-state index in [2.05, 4.69) is 0 Å². The van der Waals surface area contributed by atoms with Crippen LogP contribution >= 0.6 is 0 Å². The lowest BCUT2D eigenvalue weighted by atomic mass is 9.50. The van der Waals surface area contributed by atoms with E-state index in [1.165, 1.54) is 30.3 Å². The van der Waals surface area contributed by atoms with Crippen molar-refractivity contribution in [3.8, 4) is 5.75 Å². The Morgan fingerprint density at radius 3 is 2.34 bits per heavy atom. The second-order valence-electron chi connectivity index (χ2n) is 10.2. The van der Waals surface area contributed by atoms with Gasteiger partial charge in [0.1, 0.15) is 11.6 Å². The lowest BCUT2D eigenvalue weighted by molar-refractivity contribution is -0.189. The van der Waals surface area contributed by atoms with Gasteiger partial charge >= 0.3 is 0 Å². The molecular formula is C28H24FNO8. The van der Waals surface area contributed by atoms with Crippen LogP contribution in [0.2, 0.25) is 0 Å². The number of carbonyl (C=O) groups is 5. The predicted octanol–water partition coefficient (Wildman–Crippen LogP) is 1.17. The monoisotopic (exact) mass is 521 g/mol. The van der Waals surface area contributed by atoms with Gasteiger partial charge in [0.05, 0.1) is 17.6 Å². The molecule has 3 aliphatic carbocycles. The van der Waals surface area contributed by atoms with Crippen molar-refractivity contribution in [2.75, 3.05) is 0 Å². The van der Waals surface area contributed by atoms with Crippen LogP contribution in [0.25, 0.3) is 12.2 Å². The number of Topliss-reactive ketones (excluding diaryl/α,β-unsaturated/α-hetero) is 4. The fourth-order valence-corrected chi connectivity index (χ4v) is 6.27. The third-order valence-electron chi connectivity index (χ3n) is 8.22. The van der Waals surface area contributed by atoms with Crippen LogP contribution < -0.4 is 5.73 Å². The highest BCUT2D eigenvalue weighted by molar-refractivity contribution is 6.31. The molecule has 9 nitrogen and oxygen atoms in total. The van der Waals surface area contributed by atoms with Crippen LogP contribution in [0.3, 0.4) is 0 Å². The molecule has 1 amide bonds. The van der Waals surface area contributed by atoms with Crippen LogP contribution in [0.5, 0.6) is 5.75 Å². The van der Waals surface area contributed by atoms with Crippen LogP contribution in [-0.2, 0) is 19.2 Å². The van der Waals surface area contributed by atoms with Gasteiger partial charge in [-0.25, -0.2) is 4.39 Å². The highest BCUT2D eigenvalue weighted by Crippen LogP contribution is 2.54. The number of phenolic OH excluding ortho intramolecular Hbond substituents is 1. The first-order valence-corrected chi connectivity index (χ1v) is 12.0. The average Bonchev–Trinajstić information content (AvgIpc) is 2.86. The molecule has 2 fully saturated rings. The summed E-state index contributed by atoms with van der Waals surface area (Å²) in [4.78, 5) is 64.7. The number of rotatable bonds is 3. The molecule has 2 unspecified atom stereocenters. The lowest BCUT2D eigenvalue weighted by Gasteiger charge is -2.52. The topological polar surface area (TPSA) is 172 Å². The van der Waals surface area contributed by atoms with Crippen LogP contribution in [0, 0.1) is 29.5 Å². The third-order valence-corrected chi connectivity index (χ3v) is 8.22. The number of hydrogen-bond donors (Lipinski definition) is 4. The molecule has 0 bridgehead atoms. The molecule has 2 saturated carbocycles. The fraction of sp³-hybridized carbons (Fsp3) is 0.321. The molecule has 0 aromatic heterocycles. The Bertz CT molecular complexity index is 1450. The second kappa shape index (κ2) is 8.78. The zero-order valence-corrected chi connectivity index (χ0v) is 20.1. The SMILES string of the molecule is C[C@H]1c2ccc(C=Cc3ccc(F)cc3)c(O)c2C(=O)C2C(=O)[C@]3(O)C(=O)C(C(N)=O)C(=O)C[C@@H]3[C@@H](O)[C@@H]21. The number of aliphatic hydroxyl groups is 2. The summed E-state index contributed by atoms with van der Waals surface area (Å²) in [5.41, 5.74) is 3.23. The van der Waals surface area contributed by atoms with Crippen LogP contribution in [0.4, 0.5) is 4.39 Å². The summed E-state index contributed by atoms with van der Waals surface area (Å²) in [6.45, 7) is 1.63. The summed E-state index contributed by atoms with van der Waals surface area (Å²) in [7, 11) is 0. The van der Waals surface area contributed by atoms with Crippen molar-refractivity contribution in [3.05, 3.63) is 64.5 Å². The van der Waals surface area contributed by atoms with Crippen molar-refractivity contribution in [1.82, 2.24) is 0 Å². The van der Waals surface area contributed by atoms with Crippen molar-refractivity contribution >= 4 is 41.2 Å². The van der Waals surface area contributed by atoms with Crippen molar-refractivity contribution in [2.45, 2.75) is 31.0 Å². The van der Waals surface area contributed by atoms with E-state index in [9.17, 15) is 43.7 Å². The molecule has 0 aliphatic heterocycles. The molecule has 0 spiro atoms. The molecule has 196 valence electrons. The molecule has 2 aromatic rings. The Balaban J connectivity index is 1.58. The maximum Gasteiger partial charge on any atom is 0.235 e. The Hall–Kier alpha value is -4.02. The number of primary amides is 1. The number of ketones is 4. The number of amides is 1. The van der Waals surface area contributed by atoms with Crippen molar-refractivity contribution in [3.63, 3.8) is 0 Å². The van der Waals surface area contributed by atoms with Crippen LogP contribution in [-0.4, -0.2) is 56.1 Å². The summed E-state index contributed by atoms with van der Waals surface area (Å²) in [5, 5.41) is 33.6. The number of fused-ring (bicyclic) bond motifs is 3. The average molecular weight is 521 g/mol. The minimum atomic E-state index is -2.96. The fourth-order valence-electron chi connectivity index (χ4n) is 6.27. The van der Waals surface area contributed by atoms with E-state index in [-0.39, 0.29) is 11.1 Å². The number of halogens is 1. The standard InChI is InChI=1S/C28H24FNO8/c1-11-15-9-6-13(5-2-12-3-7-14(29)8-4-12)22(32)19(15)24(34)21-18(11)23(33)16-10-17(31)20(27(30)37)25(35)28(16,38)26(21)36/h2-9,11,16,18,20-21,23,32-33,38H,10H2,1H3,(H2,30,37)/t11-,16+,18+,20?,21?,23+,28+/m0/s1. The van der Waals surface area contributed by atoms with Gasteiger partial charge in [-0.15, -0.1) is 0 Å². The molecule has 0 radical (unpaired) electrons. The Labute approximate surface area is 215 Å². The van der Waals surface area contributed by atoms with Gasteiger partial charge in [-0.05, 0) is 29.2 Å². The number of hydrogen-bond acceptors (Lipinski definition) is 8. The number of aliphatic hydroxyl groups excluding tert-OH is 1. The number of nitrogens with two attached hydrogens (primary N) is 1. The van der Waals surface area contributed by atoms with E-state index < -0.39 is 88.3 Å². The first-order chi connectivity index (χ1) is 17.9. The maximum absolute atomic E-state index is 13.7. The lowest BCUT2D eigenvalue weighted by Crippen LogP contribution is -2.72. The molecule has 3 aliphatic rings. The summed E-state index contributed by atoms with van der Waals surface area (Å²) in [6, 6.07) is 8.69. The van der Waals surface area contributed by atoms with Crippen molar-refractivity contribution < 1.29 is 43.7 Å². The predicted molar refractivity (Wildman–Crippen MR) is 130 cm³/mol. The van der Waals surface area contributed by atoms with Crippen LogP contribution in [0.1, 0.15) is 46.3 Å². The van der Waals surface area contributed by atoms with E-state index in [0.717, 1.165) is 0 Å². The smallest absolute Gasteiger partial charge is 0.235 e. The molecule has 10 heteroatoms. The van der Waals surface area contributed by atoms with E-state index in [1.807, 2.05) is 0 Å². The van der Waals surface area contributed by atoms with Gasteiger partial charge in [-0.3, -0.25) is 24.0 Å². The number of aromatic hydroxyl groups is 1. The first kappa shape index (κ1) is 25.6. The van der Waals surface area contributed by atoms with Gasteiger partial charge in [0.2, 0.25) is 5.91 Å². The molecule has 7 atom stereocenters. The molecule has 5 N–H and O–H groups in total. The van der Waals surface area contributed by atoms with Gasteiger partial charge in [0.25, 0.3) is 0 Å². The summed E-state index contributed by atoms with van der Waals surface area (Å²) >= 11 is 0. The van der Waals surface area contributed by atoms with Gasteiger partial charge in [-0.2, -0.15) is 0 Å². The number of carbonyl (C=O) groups excluding carboxylic acids is 5. The van der Waals surface area contributed by atoms with Crippen LogP contribution in [0.15, 0.2) is 36.4 Å². The normalized spacial score (nSPS) is 32.6. The Morgan fingerprint density at radius 2 is 1.71 bits per heavy atom. The second-order valence-corrected chi connectivity index (χ2v) is 10.2. The molecular weight excluding hydrogens is 497 g/mol. The van der Waals surface area contributed by atoms with E-state index in [4.69, 9.17) is 5.73 Å². The van der Waals surface area contributed by atoms with Gasteiger partial charge in [-0.1, -0.05) is 43.3 Å². The van der Waals surface area contributed by atoms with Gasteiger partial charge < -0.3 is 21.1 Å². The Morgan fingerprint density at radius 1 is 1.05 bits per heavy atom. The number of benzene rings is 2. The molecule has 0 saturated heterocycles. The minimum Gasteiger partial charge on any atom is -0.507 e. The zero-order chi connectivity index (χ0) is 27.7. The van der Waals surface area contributed by atoms with E-state index in [0.29, 0.717) is 11.1 Å².